The molecule has 18 heavy (non-hydrogen) atoms. The van der Waals surface area contributed by atoms with Crippen LogP contribution in [0.3, 0.4) is 0 Å². The molecule has 1 aliphatic carbocycles. The SMILES string of the molecule is CN(C)CN(CCO)CC1(SN=O)CCCCC1. The van der Waals surface area contributed by atoms with E-state index >= 15 is 0 Å². The van der Waals surface area contributed by atoms with Gasteiger partial charge in [-0.3, -0.25) is 9.80 Å². The molecule has 1 rings (SSSR count). The zero-order valence-electron chi connectivity index (χ0n) is 11.5. The van der Waals surface area contributed by atoms with Gasteiger partial charge in [0.25, 0.3) is 0 Å². The third-order valence-corrected chi connectivity index (χ3v) is 4.41. The zero-order valence-corrected chi connectivity index (χ0v) is 12.3. The van der Waals surface area contributed by atoms with E-state index in [9.17, 15) is 4.91 Å². The topological polar surface area (TPSA) is 56.1 Å². The van der Waals surface area contributed by atoms with Crippen molar-refractivity contribution in [2.75, 3.05) is 40.5 Å². The highest BCUT2D eigenvalue weighted by Crippen LogP contribution is 2.41. The summed E-state index contributed by atoms with van der Waals surface area (Å²) >= 11 is 1.21. The molecule has 5 nitrogen and oxygen atoms in total. The second-order valence-corrected chi connectivity index (χ2v) is 6.60. The lowest BCUT2D eigenvalue weighted by atomic mass is 9.88. The Morgan fingerprint density at radius 3 is 2.44 bits per heavy atom. The van der Waals surface area contributed by atoms with Crippen molar-refractivity contribution in [2.24, 2.45) is 4.58 Å². The molecule has 1 aliphatic rings. The summed E-state index contributed by atoms with van der Waals surface area (Å²) in [6.07, 6.45) is 5.72. The molecule has 0 bridgehead atoms. The van der Waals surface area contributed by atoms with Crippen molar-refractivity contribution in [1.82, 2.24) is 9.80 Å². The van der Waals surface area contributed by atoms with E-state index in [1.165, 1.54) is 31.2 Å². The fourth-order valence-electron chi connectivity index (χ4n) is 2.70. The Morgan fingerprint density at radius 1 is 1.28 bits per heavy atom. The average Bonchev–Trinajstić information content (AvgIpc) is 2.29. The second-order valence-electron chi connectivity index (χ2n) is 5.41. The molecule has 0 aromatic heterocycles. The van der Waals surface area contributed by atoms with Crippen LogP contribution >= 0.6 is 11.9 Å². The van der Waals surface area contributed by atoms with Gasteiger partial charge < -0.3 is 5.11 Å². The summed E-state index contributed by atoms with van der Waals surface area (Å²) in [5, 5.41) is 9.14. The highest BCUT2D eigenvalue weighted by molar-refractivity contribution is 7.99. The molecule has 0 unspecified atom stereocenters. The van der Waals surface area contributed by atoms with Gasteiger partial charge in [0, 0.05) is 29.6 Å². The number of nitroso groups, excluding NO2 is 1. The molecule has 0 spiro atoms. The number of aliphatic hydroxyl groups is 1. The molecule has 0 aromatic rings. The quantitative estimate of drug-likeness (QED) is 0.417. The highest BCUT2D eigenvalue weighted by atomic mass is 32.2. The first kappa shape index (κ1) is 15.9. The van der Waals surface area contributed by atoms with Gasteiger partial charge in [-0.05, 0) is 26.9 Å². The first-order valence-electron chi connectivity index (χ1n) is 6.61. The third kappa shape index (κ3) is 5.22. The molecule has 0 aromatic carbocycles. The van der Waals surface area contributed by atoms with Gasteiger partial charge in [0.15, 0.2) is 0 Å². The minimum atomic E-state index is -0.0365. The van der Waals surface area contributed by atoms with E-state index in [0.29, 0.717) is 6.54 Å². The number of rotatable bonds is 8. The van der Waals surface area contributed by atoms with E-state index in [1.54, 1.807) is 0 Å². The van der Waals surface area contributed by atoms with Crippen LogP contribution in [0.1, 0.15) is 32.1 Å². The highest BCUT2D eigenvalue weighted by Gasteiger charge is 2.35. The van der Waals surface area contributed by atoms with Crippen LogP contribution in [-0.4, -0.2) is 60.1 Å². The largest absolute Gasteiger partial charge is 0.395 e. The van der Waals surface area contributed by atoms with Crippen molar-refractivity contribution in [3.05, 3.63) is 4.91 Å². The zero-order chi connectivity index (χ0) is 13.4. The fourth-order valence-corrected chi connectivity index (χ4v) is 3.57. The first-order chi connectivity index (χ1) is 8.62. The predicted octanol–water partition coefficient (Wildman–Crippen LogP) is 1.92. The van der Waals surface area contributed by atoms with Gasteiger partial charge in [0.1, 0.15) is 0 Å². The van der Waals surface area contributed by atoms with Crippen molar-refractivity contribution >= 4 is 11.9 Å². The Hall–Kier alpha value is -0.170. The molecule has 1 fully saturated rings. The van der Waals surface area contributed by atoms with Crippen LogP contribution in [0.4, 0.5) is 0 Å². The molecule has 106 valence electrons. The maximum Gasteiger partial charge on any atom is 0.0558 e. The van der Waals surface area contributed by atoms with E-state index in [0.717, 1.165) is 26.1 Å². The lowest BCUT2D eigenvalue weighted by molar-refractivity contribution is 0.122. The molecule has 6 heteroatoms. The van der Waals surface area contributed by atoms with Crippen LogP contribution in [0, 0.1) is 4.91 Å². The standard InChI is InChI=1S/C12H25N3O2S/c1-14(2)11-15(8-9-16)10-12(18-13-17)6-4-3-5-7-12/h16H,3-11H2,1-2H3. The van der Waals surface area contributed by atoms with Crippen molar-refractivity contribution in [1.29, 1.82) is 0 Å². The van der Waals surface area contributed by atoms with E-state index in [2.05, 4.69) is 14.4 Å². The van der Waals surface area contributed by atoms with Crippen molar-refractivity contribution < 1.29 is 5.11 Å². The summed E-state index contributed by atoms with van der Waals surface area (Å²) in [6.45, 7) is 2.45. The van der Waals surface area contributed by atoms with E-state index in [4.69, 9.17) is 5.11 Å². The van der Waals surface area contributed by atoms with Gasteiger partial charge in [-0.1, -0.05) is 19.3 Å². The summed E-state index contributed by atoms with van der Waals surface area (Å²) in [6, 6.07) is 0. The lowest BCUT2D eigenvalue weighted by Gasteiger charge is -2.39. The molecule has 0 aliphatic heterocycles. The summed E-state index contributed by atoms with van der Waals surface area (Å²) in [7, 11) is 4.03. The predicted molar refractivity (Wildman–Crippen MR) is 76.4 cm³/mol. The van der Waals surface area contributed by atoms with Crippen LogP contribution in [-0.2, 0) is 0 Å². The Kier molecular flexibility index (Phi) is 7.14. The maximum absolute atomic E-state index is 10.7. The molecule has 1 saturated carbocycles. The van der Waals surface area contributed by atoms with Gasteiger partial charge in [0.2, 0.25) is 0 Å². The molecular formula is C12H25N3O2S. The van der Waals surface area contributed by atoms with Crippen molar-refractivity contribution in [3.63, 3.8) is 0 Å². The first-order valence-corrected chi connectivity index (χ1v) is 7.38. The van der Waals surface area contributed by atoms with Gasteiger partial charge in [0.05, 0.1) is 18.0 Å². The number of aliphatic hydroxyl groups excluding tert-OH is 1. The Balaban J connectivity index is 2.62. The van der Waals surface area contributed by atoms with Crippen molar-refractivity contribution in [3.8, 4) is 0 Å². The van der Waals surface area contributed by atoms with Gasteiger partial charge in [-0.2, -0.15) is 0 Å². The van der Waals surface area contributed by atoms with Crippen LogP contribution < -0.4 is 0 Å². The van der Waals surface area contributed by atoms with E-state index in [1.807, 2.05) is 14.1 Å². The Morgan fingerprint density at radius 2 is 1.94 bits per heavy atom. The molecule has 0 saturated heterocycles. The molecule has 0 heterocycles. The molecule has 0 atom stereocenters. The number of nitrogens with zero attached hydrogens (tertiary/aromatic N) is 3. The average molecular weight is 275 g/mol. The summed E-state index contributed by atoms with van der Waals surface area (Å²) < 4.78 is 3.05. The number of hydrogen-bond donors (Lipinski definition) is 1. The minimum absolute atomic E-state index is 0.0365. The van der Waals surface area contributed by atoms with Crippen LogP contribution in [0.25, 0.3) is 0 Å². The second kappa shape index (κ2) is 8.09. The van der Waals surface area contributed by atoms with Gasteiger partial charge in [-0.25, -0.2) is 0 Å². The summed E-state index contributed by atoms with van der Waals surface area (Å²) in [4.78, 5) is 15.0. The van der Waals surface area contributed by atoms with Gasteiger partial charge >= 0.3 is 0 Å². The van der Waals surface area contributed by atoms with E-state index in [-0.39, 0.29) is 11.4 Å². The molecule has 0 radical (unpaired) electrons. The molecular weight excluding hydrogens is 250 g/mol. The van der Waals surface area contributed by atoms with Crippen LogP contribution in [0.5, 0.6) is 0 Å². The monoisotopic (exact) mass is 275 g/mol. The number of hydrogen-bond acceptors (Lipinski definition) is 6. The summed E-state index contributed by atoms with van der Waals surface area (Å²) in [5.74, 6) is 0. The lowest BCUT2D eigenvalue weighted by Crippen LogP contribution is -2.46. The smallest absolute Gasteiger partial charge is 0.0558 e. The summed E-state index contributed by atoms with van der Waals surface area (Å²) in [5.41, 5.74) is 0. The minimum Gasteiger partial charge on any atom is -0.395 e. The molecule has 0 amide bonds. The van der Waals surface area contributed by atoms with E-state index < -0.39 is 0 Å². The van der Waals surface area contributed by atoms with Crippen molar-refractivity contribution in [2.45, 2.75) is 36.9 Å². The normalized spacial score (nSPS) is 19.4. The fraction of sp³-hybridized carbons (Fsp3) is 1.00. The van der Waals surface area contributed by atoms with Gasteiger partial charge in [-0.15, -0.1) is 4.91 Å². The van der Waals surface area contributed by atoms with Crippen LogP contribution in [0.15, 0.2) is 4.58 Å². The third-order valence-electron chi connectivity index (χ3n) is 3.41. The Labute approximate surface area is 114 Å². The Bertz CT molecular complexity index is 245. The maximum atomic E-state index is 10.7. The molecule has 1 N–H and O–H groups in total. The van der Waals surface area contributed by atoms with Crippen LogP contribution in [0.2, 0.25) is 0 Å².